The third-order valence-corrected chi connectivity index (χ3v) is 3.14. The van der Waals surface area contributed by atoms with Crippen LogP contribution in [-0.2, 0) is 4.79 Å². The van der Waals surface area contributed by atoms with E-state index >= 15 is 0 Å². The maximum absolute atomic E-state index is 13.5. The molecule has 0 aliphatic heterocycles. The number of nitrogens with zero attached hydrogens (tertiary/aromatic N) is 1. The Kier molecular flexibility index (Phi) is 5.02. The van der Waals surface area contributed by atoms with Crippen molar-refractivity contribution in [3.8, 4) is 0 Å². The molecule has 23 heavy (non-hydrogen) atoms. The lowest BCUT2D eigenvalue weighted by molar-refractivity contribution is -0.387. The predicted molar refractivity (Wildman–Crippen MR) is 82.1 cm³/mol. The number of rotatable bonds is 4. The molecule has 0 heterocycles. The monoisotopic (exact) mass is 338 g/mol. The minimum atomic E-state index is -1.01. The summed E-state index contributed by atoms with van der Waals surface area (Å²) < 4.78 is 26.7. The van der Waals surface area contributed by atoms with Crippen molar-refractivity contribution in [1.29, 1.82) is 0 Å². The maximum Gasteiger partial charge on any atom is 0.306 e. The molecule has 0 aromatic heterocycles. The van der Waals surface area contributed by atoms with Gasteiger partial charge in [0, 0.05) is 23.4 Å². The number of amides is 1. The van der Waals surface area contributed by atoms with Crippen LogP contribution in [0.1, 0.15) is 5.56 Å². The topological polar surface area (TPSA) is 72.2 Å². The third kappa shape index (κ3) is 4.10. The van der Waals surface area contributed by atoms with Crippen molar-refractivity contribution < 1.29 is 18.5 Å². The molecule has 2 aromatic rings. The molecule has 0 fully saturated rings. The van der Waals surface area contributed by atoms with Crippen LogP contribution in [0.5, 0.6) is 0 Å². The fourth-order valence-electron chi connectivity index (χ4n) is 1.74. The first kappa shape index (κ1) is 16.6. The van der Waals surface area contributed by atoms with Crippen LogP contribution < -0.4 is 5.32 Å². The molecular weight excluding hydrogens is 330 g/mol. The molecule has 0 atom stereocenters. The van der Waals surface area contributed by atoms with E-state index in [0.29, 0.717) is 0 Å². The van der Waals surface area contributed by atoms with E-state index in [1.165, 1.54) is 30.3 Å². The lowest BCUT2D eigenvalue weighted by Gasteiger charge is -2.03. The number of halogens is 3. The zero-order valence-corrected chi connectivity index (χ0v) is 12.2. The molecule has 2 rings (SSSR count). The predicted octanol–water partition coefficient (Wildman–Crippen LogP) is 4.18. The Morgan fingerprint density at radius 2 is 1.96 bits per heavy atom. The molecule has 1 N–H and O–H groups in total. The zero-order chi connectivity index (χ0) is 17.0. The summed E-state index contributed by atoms with van der Waals surface area (Å²) in [4.78, 5) is 21.5. The molecule has 118 valence electrons. The Balaban J connectivity index is 2.15. The van der Waals surface area contributed by atoms with Crippen LogP contribution >= 0.6 is 11.6 Å². The van der Waals surface area contributed by atoms with Gasteiger partial charge in [0.25, 0.3) is 0 Å². The average molecular weight is 339 g/mol. The van der Waals surface area contributed by atoms with Crippen molar-refractivity contribution in [1.82, 2.24) is 0 Å². The molecular formula is C15H9ClF2N2O3. The van der Waals surface area contributed by atoms with Gasteiger partial charge in [-0.05, 0) is 30.3 Å². The Bertz CT molecular complexity index is 789. The lowest BCUT2D eigenvalue weighted by atomic mass is 10.2. The maximum atomic E-state index is 13.5. The smallest absolute Gasteiger partial charge is 0.306 e. The van der Waals surface area contributed by atoms with Gasteiger partial charge in [-0.2, -0.15) is 4.39 Å². The molecule has 0 saturated heterocycles. The van der Waals surface area contributed by atoms with Crippen molar-refractivity contribution in [2.45, 2.75) is 0 Å². The number of nitro benzene ring substituents is 1. The number of carbonyl (C=O) groups is 1. The highest BCUT2D eigenvalue weighted by molar-refractivity contribution is 6.32. The Hall–Kier alpha value is -2.80. The van der Waals surface area contributed by atoms with Crippen LogP contribution in [0.4, 0.5) is 20.2 Å². The van der Waals surface area contributed by atoms with Gasteiger partial charge in [-0.25, -0.2) is 4.39 Å². The number of hydrogen-bond donors (Lipinski definition) is 1. The molecule has 0 bridgehead atoms. The van der Waals surface area contributed by atoms with Crippen molar-refractivity contribution >= 4 is 35.0 Å². The van der Waals surface area contributed by atoms with E-state index in [0.717, 1.165) is 18.2 Å². The van der Waals surface area contributed by atoms with Gasteiger partial charge >= 0.3 is 5.69 Å². The van der Waals surface area contributed by atoms with Gasteiger partial charge < -0.3 is 5.32 Å². The molecule has 0 unspecified atom stereocenters. The minimum Gasteiger partial charge on any atom is -0.322 e. The summed E-state index contributed by atoms with van der Waals surface area (Å²) in [5.41, 5.74) is -0.689. The van der Waals surface area contributed by atoms with Gasteiger partial charge in [0.05, 0.1) is 9.95 Å². The SMILES string of the molecule is O=C(C=Cc1c(F)cccc1Cl)Nc1ccc(F)c([N+](=O)[O-])c1. The van der Waals surface area contributed by atoms with Crippen molar-refractivity contribution in [3.05, 3.63) is 74.8 Å². The highest BCUT2D eigenvalue weighted by atomic mass is 35.5. The second-order valence-electron chi connectivity index (χ2n) is 4.38. The number of carbonyl (C=O) groups excluding carboxylic acids is 1. The van der Waals surface area contributed by atoms with E-state index in [-0.39, 0.29) is 16.3 Å². The van der Waals surface area contributed by atoms with E-state index in [1.807, 2.05) is 0 Å². The van der Waals surface area contributed by atoms with Gasteiger partial charge in [-0.1, -0.05) is 17.7 Å². The lowest BCUT2D eigenvalue weighted by Crippen LogP contribution is -2.08. The molecule has 0 aliphatic rings. The minimum absolute atomic E-state index is 0.0346. The largest absolute Gasteiger partial charge is 0.322 e. The Morgan fingerprint density at radius 3 is 2.61 bits per heavy atom. The van der Waals surface area contributed by atoms with Gasteiger partial charge in [0.15, 0.2) is 0 Å². The second-order valence-corrected chi connectivity index (χ2v) is 4.79. The number of benzene rings is 2. The fraction of sp³-hybridized carbons (Fsp3) is 0. The van der Waals surface area contributed by atoms with E-state index < -0.39 is 28.2 Å². The summed E-state index contributed by atoms with van der Waals surface area (Å²) in [5.74, 6) is -2.29. The van der Waals surface area contributed by atoms with Gasteiger partial charge in [-0.15, -0.1) is 0 Å². The summed E-state index contributed by atoms with van der Waals surface area (Å²) in [7, 11) is 0. The van der Waals surface area contributed by atoms with Crippen molar-refractivity contribution in [3.63, 3.8) is 0 Å². The summed E-state index contributed by atoms with van der Waals surface area (Å²) in [6.07, 6.45) is 2.18. The van der Waals surface area contributed by atoms with E-state index in [1.54, 1.807) is 0 Å². The Morgan fingerprint density at radius 1 is 1.22 bits per heavy atom. The van der Waals surface area contributed by atoms with Crippen LogP contribution in [0.25, 0.3) is 6.08 Å². The first-order valence-electron chi connectivity index (χ1n) is 6.25. The molecule has 0 aliphatic carbocycles. The zero-order valence-electron chi connectivity index (χ0n) is 11.4. The molecule has 0 spiro atoms. The van der Waals surface area contributed by atoms with Crippen LogP contribution in [0.2, 0.25) is 5.02 Å². The first-order chi connectivity index (χ1) is 10.9. The molecule has 8 heteroatoms. The number of anilines is 1. The number of nitrogens with one attached hydrogen (secondary N) is 1. The number of nitro groups is 1. The number of hydrogen-bond acceptors (Lipinski definition) is 3. The molecule has 5 nitrogen and oxygen atoms in total. The Labute approximate surface area is 134 Å². The summed E-state index contributed by atoms with van der Waals surface area (Å²) in [6.45, 7) is 0. The molecule has 0 radical (unpaired) electrons. The normalized spacial score (nSPS) is 10.7. The van der Waals surface area contributed by atoms with Crippen LogP contribution in [-0.4, -0.2) is 10.8 Å². The summed E-state index contributed by atoms with van der Waals surface area (Å²) in [5, 5.41) is 13.1. The molecule has 2 aromatic carbocycles. The quantitative estimate of drug-likeness (QED) is 0.516. The van der Waals surface area contributed by atoms with Gasteiger partial charge in [0.1, 0.15) is 5.82 Å². The summed E-state index contributed by atoms with van der Waals surface area (Å²) >= 11 is 5.81. The molecule has 1 amide bonds. The van der Waals surface area contributed by atoms with Crippen LogP contribution in [0.3, 0.4) is 0 Å². The van der Waals surface area contributed by atoms with Crippen molar-refractivity contribution in [2.75, 3.05) is 5.32 Å². The van der Waals surface area contributed by atoms with Gasteiger partial charge in [-0.3, -0.25) is 14.9 Å². The van der Waals surface area contributed by atoms with Crippen LogP contribution in [0.15, 0.2) is 42.5 Å². The standard InChI is InChI=1S/C15H9ClF2N2O3/c16-11-2-1-3-12(17)10(11)5-7-15(21)19-9-4-6-13(18)14(8-9)20(22)23/h1-8H,(H,19,21). The van der Waals surface area contributed by atoms with E-state index in [4.69, 9.17) is 11.6 Å². The fourth-order valence-corrected chi connectivity index (χ4v) is 1.97. The van der Waals surface area contributed by atoms with E-state index in [2.05, 4.69) is 5.32 Å². The first-order valence-corrected chi connectivity index (χ1v) is 6.63. The molecule has 0 saturated carbocycles. The highest BCUT2D eigenvalue weighted by Crippen LogP contribution is 2.22. The van der Waals surface area contributed by atoms with Crippen LogP contribution in [0, 0.1) is 21.7 Å². The van der Waals surface area contributed by atoms with Gasteiger partial charge in [0.2, 0.25) is 11.7 Å². The van der Waals surface area contributed by atoms with E-state index in [9.17, 15) is 23.7 Å². The second kappa shape index (κ2) is 6.97. The third-order valence-electron chi connectivity index (χ3n) is 2.81. The van der Waals surface area contributed by atoms with Crippen molar-refractivity contribution in [2.24, 2.45) is 0 Å². The average Bonchev–Trinajstić information content (AvgIpc) is 2.48. The highest BCUT2D eigenvalue weighted by Gasteiger charge is 2.14. The summed E-state index contributed by atoms with van der Waals surface area (Å²) in [6, 6.07) is 7.00.